The molecule has 2 rings (SSSR count). The topological polar surface area (TPSA) is 12.0 Å². The third-order valence-electron chi connectivity index (χ3n) is 4.29. The Hall–Kier alpha value is -0.960. The lowest BCUT2D eigenvalue weighted by atomic mass is 9.72. The van der Waals surface area contributed by atoms with E-state index < -0.39 is 0 Å². The number of halogens is 2. The predicted octanol–water partition coefficient (Wildman–Crippen LogP) is 4.30. The molecule has 0 aromatic heterocycles. The summed E-state index contributed by atoms with van der Waals surface area (Å²) in [6.07, 6.45) is 3.39. The summed E-state index contributed by atoms with van der Waals surface area (Å²) in [6, 6.07) is 3.64. The van der Waals surface area contributed by atoms with E-state index in [1.165, 1.54) is 24.6 Å². The molecule has 0 aliphatic heterocycles. The monoisotopic (exact) mass is 267 g/mol. The first-order chi connectivity index (χ1) is 9.01. The molecule has 1 aromatic carbocycles. The van der Waals surface area contributed by atoms with E-state index in [2.05, 4.69) is 19.2 Å². The third-order valence-corrected chi connectivity index (χ3v) is 4.29. The van der Waals surface area contributed by atoms with Gasteiger partial charge in [-0.15, -0.1) is 0 Å². The van der Waals surface area contributed by atoms with Crippen molar-refractivity contribution in [3.05, 3.63) is 35.4 Å². The summed E-state index contributed by atoms with van der Waals surface area (Å²) < 4.78 is 27.3. The standard InChI is InChI=1S/C16H23F2N/c1-10-6-11(2)8-12(7-10)16(19-3)14-9-13(17)4-5-15(14)18/h4-5,9-12,16,19H,6-8H2,1-3H3. The highest BCUT2D eigenvalue weighted by Gasteiger charge is 2.31. The third kappa shape index (κ3) is 3.33. The molecule has 0 heterocycles. The second-order valence-corrected chi connectivity index (χ2v) is 6.11. The van der Waals surface area contributed by atoms with Crippen molar-refractivity contribution in [2.24, 2.45) is 17.8 Å². The van der Waals surface area contributed by atoms with E-state index in [4.69, 9.17) is 0 Å². The molecule has 1 saturated carbocycles. The fraction of sp³-hybridized carbons (Fsp3) is 0.625. The molecule has 1 aliphatic rings. The van der Waals surface area contributed by atoms with E-state index in [-0.39, 0.29) is 17.7 Å². The molecule has 1 N–H and O–H groups in total. The van der Waals surface area contributed by atoms with Crippen LogP contribution >= 0.6 is 0 Å². The van der Waals surface area contributed by atoms with Crippen molar-refractivity contribution in [3.63, 3.8) is 0 Å². The van der Waals surface area contributed by atoms with Gasteiger partial charge in [-0.2, -0.15) is 0 Å². The molecular formula is C16H23F2N. The minimum Gasteiger partial charge on any atom is -0.313 e. The molecule has 3 atom stereocenters. The molecule has 1 aromatic rings. The smallest absolute Gasteiger partial charge is 0.128 e. The quantitative estimate of drug-likeness (QED) is 0.861. The van der Waals surface area contributed by atoms with Gasteiger partial charge < -0.3 is 5.32 Å². The molecule has 0 spiro atoms. The molecule has 1 aliphatic carbocycles. The van der Waals surface area contributed by atoms with Crippen molar-refractivity contribution in [2.75, 3.05) is 7.05 Å². The summed E-state index contributed by atoms with van der Waals surface area (Å²) in [7, 11) is 1.83. The van der Waals surface area contributed by atoms with Crippen LogP contribution in [0.1, 0.15) is 44.7 Å². The van der Waals surface area contributed by atoms with Gasteiger partial charge in [-0.1, -0.05) is 13.8 Å². The van der Waals surface area contributed by atoms with Crippen molar-refractivity contribution in [1.82, 2.24) is 5.32 Å². The van der Waals surface area contributed by atoms with Gasteiger partial charge in [0, 0.05) is 11.6 Å². The summed E-state index contributed by atoms with van der Waals surface area (Å²) in [6.45, 7) is 4.49. The van der Waals surface area contributed by atoms with Gasteiger partial charge in [0.05, 0.1) is 0 Å². The Balaban J connectivity index is 2.26. The number of hydrogen-bond acceptors (Lipinski definition) is 1. The highest BCUT2D eigenvalue weighted by Crippen LogP contribution is 2.40. The summed E-state index contributed by atoms with van der Waals surface area (Å²) in [5, 5.41) is 3.19. The zero-order valence-corrected chi connectivity index (χ0v) is 11.9. The summed E-state index contributed by atoms with van der Waals surface area (Å²) in [5.74, 6) is 1.00. The Morgan fingerprint density at radius 2 is 1.74 bits per heavy atom. The van der Waals surface area contributed by atoms with Gasteiger partial charge >= 0.3 is 0 Å². The molecule has 106 valence electrons. The molecular weight excluding hydrogens is 244 g/mol. The lowest BCUT2D eigenvalue weighted by Gasteiger charge is -2.36. The van der Waals surface area contributed by atoms with E-state index in [0.717, 1.165) is 12.8 Å². The van der Waals surface area contributed by atoms with Gasteiger partial charge in [0.25, 0.3) is 0 Å². The summed E-state index contributed by atoms with van der Waals surface area (Å²) >= 11 is 0. The van der Waals surface area contributed by atoms with Crippen LogP contribution < -0.4 is 5.32 Å². The summed E-state index contributed by atoms with van der Waals surface area (Å²) in [5.41, 5.74) is 0.466. The van der Waals surface area contributed by atoms with Crippen molar-refractivity contribution in [2.45, 2.75) is 39.2 Å². The number of hydrogen-bond donors (Lipinski definition) is 1. The zero-order chi connectivity index (χ0) is 14.0. The molecule has 1 nitrogen and oxygen atoms in total. The van der Waals surface area contributed by atoms with Gasteiger partial charge in [0.2, 0.25) is 0 Å². The summed E-state index contributed by atoms with van der Waals surface area (Å²) in [4.78, 5) is 0. The Morgan fingerprint density at radius 3 is 2.32 bits per heavy atom. The van der Waals surface area contributed by atoms with Crippen molar-refractivity contribution >= 4 is 0 Å². The largest absolute Gasteiger partial charge is 0.313 e. The highest BCUT2D eigenvalue weighted by atomic mass is 19.1. The molecule has 0 radical (unpaired) electrons. The van der Waals surface area contributed by atoms with Crippen LogP contribution in [0.4, 0.5) is 8.78 Å². The van der Waals surface area contributed by atoms with Crippen molar-refractivity contribution in [3.8, 4) is 0 Å². The highest BCUT2D eigenvalue weighted by molar-refractivity contribution is 5.23. The minimum atomic E-state index is -0.367. The van der Waals surface area contributed by atoms with Crippen LogP contribution in [0, 0.1) is 29.4 Å². The normalized spacial score (nSPS) is 29.2. The zero-order valence-electron chi connectivity index (χ0n) is 11.9. The molecule has 0 bridgehead atoms. The maximum absolute atomic E-state index is 13.9. The van der Waals surface area contributed by atoms with Gasteiger partial charge in [0.15, 0.2) is 0 Å². The molecule has 0 saturated heterocycles. The van der Waals surface area contributed by atoms with Gasteiger partial charge in [-0.3, -0.25) is 0 Å². The van der Waals surface area contributed by atoms with Gasteiger partial charge in [-0.25, -0.2) is 8.78 Å². The molecule has 3 heteroatoms. The minimum absolute atomic E-state index is 0.0964. The maximum Gasteiger partial charge on any atom is 0.128 e. The Morgan fingerprint density at radius 1 is 1.11 bits per heavy atom. The molecule has 19 heavy (non-hydrogen) atoms. The van der Waals surface area contributed by atoms with Crippen LogP contribution in [0.15, 0.2) is 18.2 Å². The average molecular weight is 267 g/mol. The fourth-order valence-corrected chi connectivity index (χ4v) is 3.68. The van der Waals surface area contributed by atoms with Crippen molar-refractivity contribution < 1.29 is 8.78 Å². The second-order valence-electron chi connectivity index (χ2n) is 6.11. The molecule has 3 unspecified atom stereocenters. The lowest BCUT2D eigenvalue weighted by molar-refractivity contribution is 0.178. The van der Waals surface area contributed by atoms with Crippen molar-refractivity contribution in [1.29, 1.82) is 0 Å². The Bertz CT molecular complexity index is 423. The fourth-order valence-electron chi connectivity index (χ4n) is 3.68. The predicted molar refractivity (Wildman–Crippen MR) is 73.8 cm³/mol. The van der Waals surface area contributed by atoms with Crippen LogP contribution in [-0.4, -0.2) is 7.05 Å². The number of nitrogens with one attached hydrogen (secondary N) is 1. The van der Waals surface area contributed by atoms with Gasteiger partial charge in [-0.05, 0) is 62.3 Å². The van der Waals surface area contributed by atoms with Crippen LogP contribution in [0.2, 0.25) is 0 Å². The SMILES string of the molecule is CNC(c1cc(F)ccc1F)C1CC(C)CC(C)C1. The van der Waals surface area contributed by atoms with E-state index in [1.807, 2.05) is 7.05 Å². The van der Waals surface area contributed by atoms with E-state index in [9.17, 15) is 8.78 Å². The Kier molecular flexibility index (Phi) is 4.56. The van der Waals surface area contributed by atoms with Crippen LogP contribution in [0.25, 0.3) is 0 Å². The van der Waals surface area contributed by atoms with Crippen LogP contribution in [0.3, 0.4) is 0 Å². The first kappa shape index (κ1) is 14.4. The number of rotatable bonds is 3. The van der Waals surface area contributed by atoms with Crippen LogP contribution in [-0.2, 0) is 0 Å². The van der Waals surface area contributed by atoms with Crippen LogP contribution in [0.5, 0.6) is 0 Å². The lowest BCUT2D eigenvalue weighted by Crippen LogP contribution is -2.32. The molecule has 1 fully saturated rings. The molecule has 0 amide bonds. The Labute approximate surface area is 114 Å². The van der Waals surface area contributed by atoms with E-state index in [1.54, 1.807) is 0 Å². The van der Waals surface area contributed by atoms with E-state index in [0.29, 0.717) is 23.3 Å². The first-order valence-electron chi connectivity index (χ1n) is 7.13. The number of benzene rings is 1. The maximum atomic E-state index is 13.9. The second kappa shape index (κ2) is 6.00. The first-order valence-corrected chi connectivity index (χ1v) is 7.13. The van der Waals surface area contributed by atoms with Gasteiger partial charge in [0.1, 0.15) is 11.6 Å². The van der Waals surface area contributed by atoms with E-state index >= 15 is 0 Å². The average Bonchev–Trinajstić information content (AvgIpc) is 2.33.